The van der Waals surface area contributed by atoms with Crippen molar-refractivity contribution in [1.29, 1.82) is 0 Å². The number of aryl methyl sites for hydroxylation is 1. The molecule has 0 saturated heterocycles. The largest absolute Gasteiger partial charge is 0.506 e. The summed E-state index contributed by atoms with van der Waals surface area (Å²) in [6, 6.07) is 19.0. The van der Waals surface area contributed by atoms with Crippen LogP contribution in [0, 0.1) is 6.92 Å². The second-order valence-electron chi connectivity index (χ2n) is 7.81. The maximum absolute atomic E-state index is 12.0. The zero-order chi connectivity index (χ0) is 21.5. The van der Waals surface area contributed by atoms with Gasteiger partial charge in [0, 0.05) is 11.0 Å². The number of aromatic hydroxyl groups is 1. The van der Waals surface area contributed by atoms with Gasteiger partial charge in [-0.05, 0) is 47.9 Å². The number of nitrogens with zero attached hydrogens (tertiary/aromatic N) is 3. The van der Waals surface area contributed by atoms with Crippen LogP contribution in [0.4, 0.5) is 0 Å². The maximum Gasteiger partial charge on any atom is 0.265 e. The number of carbonyl (C=O) groups excluding carboxylic acids is 1. The second-order valence-corrected chi connectivity index (χ2v) is 7.81. The summed E-state index contributed by atoms with van der Waals surface area (Å²) in [5, 5.41) is 19.5. The maximum atomic E-state index is 12.0. The standard InChI is InChI=1S/C23H23N5O2/c1-14-11-18-19(13-17(14)22(30)25-24)27-28(26-18)20-12-16(9-10-21(20)29)23(2,3)15-7-5-4-6-8-15/h4-13,29H,24H2,1-3H3,(H,25,30). The van der Waals surface area contributed by atoms with Crippen LogP contribution in [0.15, 0.2) is 60.7 Å². The first-order valence-electron chi connectivity index (χ1n) is 9.59. The number of hydrogen-bond donors (Lipinski definition) is 3. The number of hydrazine groups is 1. The number of carbonyl (C=O) groups is 1. The Morgan fingerprint density at radius 1 is 1.00 bits per heavy atom. The van der Waals surface area contributed by atoms with E-state index in [2.05, 4.69) is 41.6 Å². The van der Waals surface area contributed by atoms with E-state index in [1.807, 2.05) is 37.3 Å². The number of nitrogens with two attached hydrogens (primary N) is 1. The third-order valence-electron chi connectivity index (χ3n) is 5.51. The lowest BCUT2D eigenvalue weighted by atomic mass is 9.78. The highest BCUT2D eigenvalue weighted by Crippen LogP contribution is 2.35. The smallest absolute Gasteiger partial charge is 0.265 e. The number of rotatable bonds is 4. The summed E-state index contributed by atoms with van der Waals surface area (Å²) < 4.78 is 0. The number of aromatic nitrogens is 3. The van der Waals surface area contributed by atoms with E-state index in [0.29, 0.717) is 22.3 Å². The van der Waals surface area contributed by atoms with Gasteiger partial charge < -0.3 is 5.11 Å². The Kier molecular flexibility index (Phi) is 4.75. The molecule has 152 valence electrons. The van der Waals surface area contributed by atoms with Gasteiger partial charge in [0.1, 0.15) is 22.5 Å². The molecule has 7 heteroatoms. The third kappa shape index (κ3) is 3.29. The number of nitrogen functional groups attached to an aromatic ring is 1. The van der Waals surface area contributed by atoms with Gasteiger partial charge in [-0.2, -0.15) is 0 Å². The fraction of sp³-hybridized carbons (Fsp3) is 0.174. The predicted molar refractivity (Wildman–Crippen MR) is 115 cm³/mol. The van der Waals surface area contributed by atoms with E-state index in [-0.39, 0.29) is 11.2 Å². The Balaban J connectivity index is 1.82. The van der Waals surface area contributed by atoms with Gasteiger partial charge in [-0.3, -0.25) is 10.2 Å². The molecule has 7 nitrogen and oxygen atoms in total. The first kappa shape index (κ1) is 19.6. The lowest BCUT2D eigenvalue weighted by molar-refractivity contribution is 0.0953. The van der Waals surface area contributed by atoms with Crippen molar-refractivity contribution in [2.45, 2.75) is 26.2 Å². The van der Waals surface area contributed by atoms with Crippen LogP contribution in [0.3, 0.4) is 0 Å². The Labute approximate surface area is 174 Å². The molecular weight excluding hydrogens is 378 g/mol. The average Bonchev–Trinajstić information content (AvgIpc) is 3.15. The van der Waals surface area contributed by atoms with Crippen molar-refractivity contribution in [2.75, 3.05) is 0 Å². The molecule has 0 aliphatic carbocycles. The monoisotopic (exact) mass is 401 g/mol. The van der Waals surface area contributed by atoms with Crippen molar-refractivity contribution < 1.29 is 9.90 Å². The fourth-order valence-corrected chi connectivity index (χ4v) is 3.59. The van der Waals surface area contributed by atoms with Crippen LogP contribution >= 0.6 is 0 Å². The highest BCUT2D eigenvalue weighted by Gasteiger charge is 2.24. The van der Waals surface area contributed by atoms with Crippen LogP contribution in [0.5, 0.6) is 5.75 Å². The minimum absolute atomic E-state index is 0.0690. The zero-order valence-electron chi connectivity index (χ0n) is 17.0. The van der Waals surface area contributed by atoms with Gasteiger partial charge in [-0.1, -0.05) is 50.2 Å². The van der Waals surface area contributed by atoms with E-state index >= 15 is 0 Å². The van der Waals surface area contributed by atoms with Crippen LogP contribution in [0.25, 0.3) is 16.7 Å². The van der Waals surface area contributed by atoms with Crippen LogP contribution in [0.2, 0.25) is 0 Å². The first-order chi connectivity index (χ1) is 14.3. The second kappa shape index (κ2) is 7.27. The average molecular weight is 401 g/mol. The van der Waals surface area contributed by atoms with E-state index in [4.69, 9.17) is 5.84 Å². The van der Waals surface area contributed by atoms with Gasteiger partial charge in [0.25, 0.3) is 5.91 Å². The third-order valence-corrected chi connectivity index (χ3v) is 5.51. The van der Waals surface area contributed by atoms with E-state index in [1.54, 1.807) is 18.2 Å². The van der Waals surface area contributed by atoms with Gasteiger partial charge in [0.2, 0.25) is 0 Å². The molecule has 0 atom stereocenters. The van der Waals surface area contributed by atoms with Crippen molar-refractivity contribution in [1.82, 2.24) is 20.4 Å². The molecule has 30 heavy (non-hydrogen) atoms. The molecule has 0 unspecified atom stereocenters. The molecule has 0 bridgehead atoms. The molecule has 0 spiro atoms. The summed E-state index contributed by atoms with van der Waals surface area (Å²) in [5.41, 5.74) is 6.83. The molecule has 0 fully saturated rings. The molecule has 3 aromatic carbocycles. The molecule has 0 saturated carbocycles. The molecule has 4 aromatic rings. The number of phenolic OH excluding ortho intramolecular Hbond substituents is 1. The fourth-order valence-electron chi connectivity index (χ4n) is 3.59. The summed E-state index contributed by atoms with van der Waals surface area (Å²) in [5.74, 6) is 4.94. The summed E-state index contributed by atoms with van der Waals surface area (Å²) in [4.78, 5) is 13.4. The van der Waals surface area contributed by atoms with Gasteiger partial charge in [-0.25, -0.2) is 5.84 Å². The minimum atomic E-state index is -0.390. The molecule has 0 aliphatic rings. The summed E-state index contributed by atoms with van der Waals surface area (Å²) in [7, 11) is 0. The number of nitrogens with one attached hydrogen (secondary N) is 1. The van der Waals surface area contributed by atoms with Gasteiger partial charge in [0.15, 0.2) is 0 Å². The first-order valence-corrected chi connectivity index (χ1v) is 9.59. The summed E-state index contributed by atoms with van der Waals surface area (Å²) in [6.45, 7) is 6.07. The number of benzene rings is 3. The molecule has 0 aliphatic heterocycles. The molecule has 1 aromatic heterocycles. The Hall–Kier alpha value is -3.71. The minimum Gasteiger partial charge on any atom is -0.506 e. The van der Waals surface area contributed by atoms with Crippen molar-refractivity contribution in [2.24, 2.45) is 5.84 Å². The molecular formula is C23H23N5O2. The number of phenols is 1. The normalized spacial score (nSPS) is 11.6. The summed E-state index contributed by atoms with van der Waals surface area (Å²) in [6.07, 6.45) is 0. The number of fused-ring (bicyclic) bond motifs is 1. The van der Waals surface area contributed by atoms with E-state index in [0.717, 1.165) is 16.7 Å². The van der Waals surface area contributed by atoms with Crippen molar-refractivity contribution in [3.8, 4) is 11.4 Å². The van der Waals surface area contributed by atoms with Crippen LogP contribution in [-0.4, -0.2) is 26.0 Å². The molecule has 4 N–H and O–H groups in total. The van der Waals surface area contributed by atoms with Crippen molar-refractivity contribution >= 4 is 16.9 Å². The Morgan fingerprint density at radius 2 is 1.67 bits per heavy atom. The topological polar surface area (TPSA) is 106 Å². The number of hydrogen-bond acceptors (Lipinski definition) is 5. The van der Waals surface area contributed by atoms with Crippen LogP contribution in [0.1, 0.15) is 40.9 Å². The van der Waals surface area contributed by atoms with E-state index in [1.165, 1.54) is 4.80 Å². The Morgan fingerprint density at radius 3 is 2.33 bits per heavy atom. The van der Waals surface area contributed by atoms with Crippen molar-refractivity contribution in [3.05, 3.63) is 82.9 Å². The van der Waals surface area contributed by atoms with E-state index in [9.17, 15) is 9.90 Å². The van der Waals surface area contributed by atoms with Gasteiger partial charge in [0.05, 0.1) is 0 Å². The highest BCUT2D eigenvalue weighted by molar-refractivity contribution is 5.98. The quantitative estimate of drug-likeness (QED) is 0.276. The molecule has 4 rings (SSSR count). The van der Waals surface area contributed by atoms with Crippen LogP contribution < -0.4 is 11.3 Å². The molecule has 1 heterocycles. The predicted octanol–water partition coefficient (Wildman–Crippen LogP) is 3.36. The lowest BCUT2D eigenvalue weighted by Crippen LogP contribution is -2.30. The highest BCUT2D eigenvalue weighted by atomic mass is 16.3. The Bertz CT molecular complexity index is 1250. The van der Waals surface area contributed by atoms with Gasteiger partial charge in [-0.15, -0.1) is 15.0 Å². The molecule has 0 radical (unpaired) electrons. The number of amides is 1. The molecule has 1 amide bonds. The van der Waals surface area contributed by atoms with E-state index < -0.39 is 5.91 Å². The SMILES string of the molecule is Cc1cc2nn(-c3cc(C(C)(C)c4ccccc4)ccc3O)nc2cc1C(=O)NN. The van der Waals surface area contributed by atoms with Crippen molar-refractivity contribution in [3.63, 3.8) is 0 Å². The lowest BCUT2D eigenvalue weighted by Gasteiger charge is -2.26. The van der Waals surface area contributed by atoms with Crippen LogP contribution in [-0.2, 0) is 5.41 Å². The summed E-state index contributed by atoms with van der Waals surface area (Å²) >= 11 is 0. The zero-order valence-corrected chi connectivity index (χ0v) is 17.0. The van der Waals surface area contributed by atoms with Gasteiger partial charge >= 0.3 is 0 Å².